The minimum Gasteiger partial charge on any atom is -0.383 e. The number of nitrogens with one attached hydrogen (secondary N) is 1. The Bertz CT molecular complexity index is 1280. The van der Waals surface area contributed by atoms with Crippen LogP contribution in [0.3, 0.4) is 0 Å². The van der Waals surface area contributed by atoms with Gasteiger partial charge in [0.15, 0.2) is 0 Å². The number of halogens is 5. The van der Waals surface area contributed by atoms with Crippen LogP contribution in [0.4, 0.5) is 18.9 Å². The standard InChI is InChI=1S/C19H16Cl2F3N5O2S/c20-11-1-3-14-13(5-11)15(6-17(28-14)19(22,23)24)27-8-18(9-29(10-18)32(25,30)31)16-4-2-12(21)7-26-16/h1-7H,8-10H2,(H,27,28)(H2,25,30,31). The third-order valence-corrected chi connectivity index (χ3v) is 6.70. The van der Waals surface area contributed by atoms with E-state index >= 15 is 0 Å². The molecular weight excluding hydrogens is 490 g/mol. The van der Waals surface area contributed by atoms with Crippen LogP contribution in [0.5, 0.6) is 0 Å². The first-order chi connectivity index (χ1) is 14.9. The molecule has 7 nitrogen and oxygen atoms in total. The summed E-state index contributed by atoms with van der Waals surface area (Å²) < 4.78 is 64.7. The van der Waals surface area contributed by atoms with Crippen LogP contribution in [0.2, 0.25) is 10.0 Å². The Labute approximate surface area is 191 Å². The van der Waals surface area contributed by atoms with E-state index in [1.54, 1.807) is 12.1 Å². The molecule has 32 heavy (non-hydrogen) atoms. The molecule has 0 spiro atoms. The van der Waals surface area contributed by atoms with Crippen molar-refractivity contribution in [3.05, 3.63) is 64.0 Å². The van der Waals surface area contributed by atoms with E-state index < -0.39 is 27.5 Å². The first-order valence-corrected chi connectivity index (χ1v) is 11.4. The van der Waals surface area contributed by atoms with E-state index in [0.717, 1.165) is 10.4 Å². The number of benzene rings is 1. The molecule has 13 heteroatoms. The zero-order chi connectivity index (χ0) is 23.3. The van der Waals surface area contributed by atoms with Crippen molar-refractivity contribution in [3.8, 4) is 0 Å². The molecule has 3 aromatic rings. The first-order valence-electron chi connectivity index (χ1n) is 9.19. The average Bonchev–Trinajstić information content (AvgIpc) is 2.66. The number of nitrogens with two attached hydrogens (primary N) is 1. The van der Waals surface area contributed by atoms with Gasteiger partial charge in [-0.25, -0.2) is 10.1 Å². The highest BCUT2D eigenvalue weighted by molar-refractivity contribution is 7.86. The largest absolute Gasteiger partial charge is 0.433 e. The van der Waals surface area contributed by atoms with E-state index in [-0.39, 0.29) is 30.8 Å². The van der Waals surface area contributed by atoms with E-state index in [9.17, 15) is 21.6 Å². The Morgan fingerprint density at radius 3 is 2.41 bits per heavy atom. The number of hydrogen-bond acceptors (Lipinski definition) is 5. The molecule has 0 aliphatic carbocycles. The summed E-state index contributed by atoms with van der Waals surface area (Å²) in [6.07, 6.45) is -3.23. The van der Waals surface area contributed by atoms with E-state index in [1.165, 1.54) is 24.4 Å². The zero-order valence-electron chi connectivity index (χ0n) is 16.2. The maximum absolute atomic E-state index is 13.4. The van der Waals surface area contributed by atoms with Crippen LogP contribution in [-0.4, -0.2) is 42.3 Å². The van der Waals surface area contributed by atoms with Crippen LogP contribution in [0, 0.1) is 0 Å². The lowest BCUT2D eigenvalue weighted by Gasteiger charge is -2.48. The summed E-state index contributed by atoms with van der Waals surface area (Å²) in [6, 6.07) is 8.52. The number of fused-ring (bicyclic) bond motifs is 1. The molecule has 0 amide bonds. The molecule has 3 N–H and O–H groups in total. The fraction of sp³-hybridized carbons (Fsp3) is 0.263. The molecule has 0 saturated carbocycles. The number of rotatable bonds is 5. The molecule has 1 aliphatic rings. The second-order valence-electron chi connectivity index (χ2n) is 7.52. The molecule has 0 atom stereocenters. The number of aromatic nitrogens is 2. The van der Waals surface area contributed by atoms with Crippen molar-refractivity contribution in [2.24, 2.45) is 5.14 Å². The number of anilines is 1. The van der Waals surface area contributed by atoms with Gasteiger partial charge in [-0.2, -0.15) is 25.9 Å². The van der Waals surface area contributed by atoms with Gasteiger partial charge in [-0.05, 0) is 36.4 Å². The molecule has 0 unspecified atom stereocenters. The summed E-state index contributed by atoms with van der Waals surface area (Å²) in [5, 5.41) is 9.36. The predicted molar refractivity (Wildman–Crippen MR) is 116 cm³/mol. The third kappa shape index (κ3) is 4.48. The van der Waals surface area contributed by atoms with Crippen molar-refractivity contribution < 1.29 is 21.6 Å². The van der Waals surface area contributed by atoms with Gasteiger partial charge >= 0.3 is 6.18 Å². The van der Waals surface area contributed by atoms with Crippen molar-refractivity contribution in [1.82, 2.24) is 14.3 Å². The molecular formula is C19H16Cl2F3N5O2S. The monoisotopic (exact) mass is 505 g/mol. The van der Waals surface area contributed by atoms with Crippen molar-refractivity contribution in [3.63, 3.8) is 0 Å². The molecule has 0 radical (unpaired) electrons. The molecule has 1 aliphatic heterocycles. The number of nitrogens with zero attached hydrogens (tertiary/aromatic N) is 3. The van der Waals surface area contributed by atoms with Crippen molar-refractivity contribution in [2.75, 3.05) is 25.0 Å². The fourth-order valence-corrected chi connectivity index (χ4v) is 4.75. The second-order valence-corrected chi connectivity index (χ2v) is 9.94. The van der Waals surface area contributed by atoms with E-state index in [4.69, 9.17) is 28.3 Å². The summed E-state index contributed by atoms with van der Waals surface area (Å²) in [5.41, 5.74) is -1.09. The molecule has 0 bridgehead atoms. The van der Waals surface area contributed by atoms with Crippen molar-refractivity contribution in [2.45, 2.75) is 11.6 Å². The Balaban J connectivity index is 1.72. The van der Waals surface area contributed by atoms with Crippen molar-refractivity contribution >= 4 is 50.0 Å². The molecule has 1 aromatic carbocycles. The van der Waals surface area contributed by atoms with Gasteiger partial charge in [-0.1, -0.05) is 23.2 Å². The van der Waals surface area contributed by atoms with Gasteiger partial charge in [-0.15, -0.1) is 0 Å². The number of hydrogen-bond donors (Lipinski definition) is 2. The Morgan fingerprint density at radius 1 is 1.12 bits per heavy atom. The van der Waals surface area contributed by atoms with Gasteiger partial charge in [0, 0.05) is 41.9 Å². The van der Waals surface area contributed by atoms with E-state index in [1.807, 2.05) is 0 Å². The van der Waals surface area contributed by atoms with Gasteiger partial charge in [0.2, 0.25) is 0 Å². The maximum Gasteiger partial charge on any atom is 0.433 e. The van der Waals surface area contributed by atoms with Crippen LogP contribution in [-0.2, 0) is 21.8 Å². The van der Waals surface area contributed by atoms with Gasteiger partial charge in [-0.3, -0.25) is 4.98 Å². The van der Waals surface area contributed by atoms with Gasteiger partial charge < -0.3 is 5.32 Å². The van der Waals surface area contributed by atoms with Gasteiger partial charge in [0.1, 0.15) is 5.69 Å². The lowest BCUT2D eigenvalue weighted by molar-refractivity contribution is -0.140. The van der Waals surface area contributed by atoms with Crippen LogP contribution >= 0.6 is 23.2 Å². The smallest absolute Gasteiger partial charge is 0.383 e. The summed E-state index contributed by atoms with van der Waals surface area (Å²) >= 11 is 11.9. The Morgan fingerprint density at radius 2 is 1.81 bits per heavy atom. The minimum absolute atomic E-state index is 0.00334. The molecule has 4 rings (SSSR count). The SMILES string of the molecule is NS(=O)(=O)N1CC(CNc2cc(C(F)(F)F)nc3ccc(Cl)cc23)(c2ccc(Cl)cn2)C1. The highest BCUT2D eigenvalue weighted by Gasteiger charge is 2.49. The maximum atomic E-state index is 13.4. The lowest BCUT2D eigenvalue weighted by Crippen LogP contribution is -2.65. The minimum atomic E-state index is -4.65. The quantitative estimate of drug-likeness (QED) is 0.548. The highest BCUT2D eigenvalue weighted by atomic mass is 35.5. The Hall–Kier alpha value is -2.18. The first kappa shape index (κ1) is 23.0. The normalized spacial score (nSPS) is 16.7. The van der Waals surface area contributed by atoms with Gasteiger partial charge in [0.05, 0.1) is 21.6 Å². The number of pyridine rings is 2. The van der Waals surface area contributed by atoms with Crippen LogP contribution < -0.4 is 10.5 Å². The second kappa shape index (κ2) is 7.99. The zero-order valence-corrected chi connectivity index (χ0v) is 18.5. The Kier molecular flexibility index (Phi) is 5.74. The summed E-state index contributed by atoms with van der Waals surface area (Å²) in [7, 11) is -3.93. The topological polar surface area (TPSA) is 101 Å². The molecule has 1 fully saturated rings. The molecule has 3 heterocycles. The summed E-state index contributed by atoms with van der Waals surface area (Å²) in [4.78, 5) is 7.97. The predicted octanol–water partition coefficient (Wildman–Crippen LogP) is 3.82. The van der Waals surface area contributed by atoms with Gasteiger partial charge in [0.25, 0.3) is 10.2 Å². The van der Waals surface area contributed by atoms with Crippen LogP contribution in [0.15, 0.2) is 42.6 Å². The molecule has 1 saturated heterocycles. The summed E-state index contributed by atoms with van der Waals surface area (Å²) in [5.74, 6) is 0. The fourth-order valence-electron chi connectivity index (χ4n) is 3.62. The third-order valence-electron chi connectivity index (χ3n) is 5.27. The average molecular weight is 506 g/mol. The molecule has 170 valence electrons. The van der Waals surface area contributed by atoms with Crippen molar-refractivity contribution in [1.29, 1.82) is 0 Å². The molecule has 2 aromatic heterocycles. The van der Waals surface area contributed by atoms with Crippen LogP contribution in [0.25, 0.3) is 10.9 Å². The highest BCUT2D eigenvalue weighted by Crippen LogP contribution is 2.38. The lowest BCUT2D eigenvalue weighted by atomic mass is 9.78. The van der Waals surface area contributed by atoms with E-state index in [0.29, 0.717) is 21.1 Å². The number of alkyl halides is 3. The van der Waals surface area contributed by atoms with Crippen LogP contribution in [0.1, 0.15) is 11.4 Å². The summed E-state index contributed by atoms with van der Waals surface area (Å²) in [6.45, 7) is 0.0866. The van der Waals surface area contributed by atoms with E-state index in [2.05, 4.69) is 15.3 Å².